The first kappa shape index (κ1) is 17.2. The molecule has 136 valence electrons. The smallest absolute Gasteiger partial charge is 0.253 e. The van der Waals surface area contributed by atoms with E-state index < -0.39 is 0 Å². The van der Waals surface area contributed by atoms with Crippen LogP contribution in [0.15, 0.2) is 36.4 Å². The van der Waals surface area contributed by atoms with E-state index in [1.807, 2.05) is 29.2 Å². The summed E-state index contributed by atoms with van der Waals surface area (Å²) in [5.74, 6) is 0.154. The number of pyridine rings is 1. The van der Waals surface area contributed by atoms with E-state index >= 15 is 0 Å². The number of aromatic nitrogens is 1. The van der Waals surface area contributed by atoms with Gasteiger partial charge < -0.3 is 4.90 Å². The number of nitrogens with zero attached hydrogens (tertiary/aromatic N) is 3. The normalized spacial score (nSPS) is 20.2. The van der Waals surface area contributed by atoms with Gasteiger partial charge in [-0.15, -0.1) is 0 Å². The van der Waals surface area contributed by atoms with Crippen molar-refractivity contribution in [3.05, 3.63) is 53.2 Å². The van der Waals surface area contributed by atoms with Crippen molar-refractivity contribution in [1.29, 1.82) is 0 Å². The quantitative estimate of drug-likeness (QED) is 0.850. The van der Waals surface area contributed by atoms with E-state index in [2.05, 4.69) is 30.9 Å². The van der Waals surface area contributed by atoms with Crippen LogP contribution < -0.4 is 0 Å². The summed E-state index contributed by atoms with van der Waals surface area (Å²) in [5, 5.41) is 0. The maximum Gasteiger partial charge on any atom is 0.253 e. The zero-order chi connectivity index (χ0) is 18.1. The molecule has 2 aromatic rings. The molecular formula is C22H27N3O. The molecule has 0 saturated carbocycles. The van der Waals surface area contributed by atoms with Crippen LogP contribution in [0, 0.1) is 6.92 Å². The monoisotopic (exact) mass is 349 g/mol. The average Bonchev–Trinajstić information content (AvgIpc) is 3.15. The Hall–Kier alpha value is -2.20. The van der Waals surface area contributed by atoms with Gasteiger partial charge in [-0.25, -0.2) is 0 Å². The zero-order valence-corrected chi connectivity index (χ0v) is 15.7. The fraction of sp³-hybridized carbons (Fsp3) is 0.455. The van der Waals surface area contributed by atoms with Crippen molar-refractivity contribution in [2.45, 2.75) is 39.2 Å². The van der Waals surface area contributed by atoms with Gasteiger partial charge in [-0.2, -0.15) is 0 Å². The van der Waals surface area contributed by atoms with Gasteiger partial charge in [0.25, 0.3) is 5.91 Å². The van der Waals surface area contributed by atoms with Crippen LogP contribution in [0.3, 0.4) is 0 Å². The highest BCUT2D eigenvalue weighted by atomic mass is 16.2. The fourth-order valence-electron chi connectivity index (χ4n) is 4.26. The lowest BCUT2D eigenvalue weighted by atomic mass is 10.0. The molecule has 0 radical (unpaired) electrons. The number of carbonyl (C=O) groups is 1. The Morgan fingerprint density at radius 2 is 2.08 bits per heavy atom. The lowest BCUT2D eigenvalue weighted by Crippen LogP contribution is -2.52. The molecule has 0 N–H and O–H groups in total. The molecular weight excluding hydrogens is 322 g/mol. The average molecular weight is 349 g/mol. The van der Waals surface area contributed by atoms with Crippen LogP contribution in [0.1, 0.15) is 41.4 Å². The fourth-order valence-corrected chi connectivity index (χ4v) is 4.26. The second-order valence-electron chi connectivity index (χ2n) is 7.48. The number of hydrogen-bond acceptors (Lipinski definition) is 3. The standard InChI is InChI=1S/C22H27N3O/c1-3-20-16(2)9-10-21(23-20)17-6-4-7-18(14-17)22(26)25-13-12-24-11-5-8-19(24)15-25/h4,6-7,9-10,14,19H,3,5,8,11-13,15H2,1-2H3. The third kappa shape index (κ3) is 3.26. The molecule has 0 spiro atoms. The predicted molar refractivity (Wildman–Crippen MR) is 104 cm³/mol. The van der Waals surface area contributed by atoms with Crippen LogP contribution in [0.4, 0.5) is 0 Å². The minimum absolute atomic E-state index is 0.154. The predicted octanol–water partition coefficient (Wildman–Crippen LogP) is 3.54. The highest BCUT2D eigenvalue weighted by Crippen LogP contribution is 2.24. The largest absolute Gasteiger partial charge is 0.336 e. The molecule has 2 aliphatic heterocycles. The first-order valence-electron chi connectivity index (χ1n) is 9.76. The third-order valence-electron chi connectivity index (χ3n) is 5.82. The Balaban J connectivity index is 1.56. The first-order valence-corrected chi connectivity index (χ1v) is 9.76. The number of rotatable bonds is 3. The molecule has 4 heteroatoms. The second kappa shape index (κ2) is 7.20. The number of fused-ring (bicyclic) bond motifs is 1. The van der Waals surface area contributed by atoms with E-state index in [-0.39, 0.29) is 5.91 Å². The molecule has 26 heavy (non-hydrogen) atoms. The summed E-state index contributed by atoms with van der Waals surface area (Å²) in [7, 11) is 0. The molecule has 1 amide bonds. The van der Waals surface area contributed by atoms with Gasteiger partial charge in [0.1, 0.15) is 0 Å². The molecule has 2 fully saturated rings. The van der Waals surface area contributed by atoms with Gasteiger partial charge in [-0.05, 0) is 56.5 Å². The van der Waals surface area contributed by atoms with E-state index in [0.29, 0.717) is 6.04 Å². The van der Waals surface area contributed by atoms with Crippen molar-refractivity contribution in [2.24, 2.45) is 0 Å². The lowest BCUT2D eigenvalue weighted by molar-refractivity contribution is 0.0571. The van der Waals surface area contributed by atoms with Gasteiger partial charge in [0.2, 0.25) is 0 Å². The number of benzene rings is 1. The summed E-state index contributed by atoms with van der Waals surface area (Å²) in [5.41, 5.74) is 5.08. The van der Waals surface area contributed by atoms with Gasteiger partial charge >= 0.3 is 0 Å². The molecule has 3 heterocycles. The minimum Gasteiger partial charge on any atom is -0.336 e. The molecule has 1 aromatic heterocycles. The molecule has 4 nitrogen and oxygen atoms in total. The van der Waals surface area contributed by atoms with Crippen LogP contribution in [0.25, 0.3) is 11.3 Å². The van der Waals surface area contributed by atoms with Crippen molar-refractivity contribution in [1.82, 2.24) is 14.8 Å². The highest BCUT2D eigenvalue weighted by Gasteiger charge is 2.32. The highest BCUT2D eigenvalue weighted by molar-refractivity contribution is 5.95. The zero-order valence-electron chi connectivity index (χ0n) is 15.7. The molecule has 2 aliphatic rings. The molecule has 1 aromatic carbocycles. The molecule has 2 saturated heterocycles. The van der Waals surface area contributed by atoms with Crippen LogP contribution in [-0.4, -0.2) is 52.9 Å². The Labute approximate surface area is 155 Å². The van der Waals surface area contributed by atoms with Gasteiger partial charge in [-0.1, -0.05) is 25.1 Å². The summed E-state index contributed by atoms with van der Waals surface area (Å²) in [6, 6.07) is 12.7. The van der Waals surface area contributed by atoms with Crippen molar-refractivity contribution in [3.8, 4) is 11.3 Å². The van der Waals surface area contributed by atoms with Crippen LogP contribution in [-0.2, 0) is 6.42 Å². The van der Waals surface area contributed by atoms with E-state index in [9.17, 15) is 4.79 Å². The number of aryl methyl sites for hydroxylation is 2. The van der Waals surface area contributed by atoms with E-state index in [1.165, 1.54) is 24.9 Å². The summed E-state index contributed by atoms with van der Waals surface area (Å²) >= 11 is 0. The Morgan fingerprint density at radius 1 is 1.19 bits per heavy atom. The second-order valence-corrected chi connectivity index (χ2v) is 7.48. The first-order chi connectivity index (χ1) is 12.7. The minimum atomic E-state index is 0.154. The van der Waals surface area contributed by atoms with Gasteiger partial charge in [0, 0.05) is 42.5 Å². The number of hydrogen-bond donors (Lipinski definition) is 0. The Kier molecular flexibility index (Phi) is 4.77. The molecule has 1 unspecified atom stereocenters. The maximum atomic E-state index is 13.0. The Bertz CT molecular complexity index is 817. The van der Waals surface area contributed by atoms with E-state index in [0.717, 1.165) is 48.6 Å². The number of piperazine rings is 1. The van der Waals surface area contributed by atoms with Crippen LogP contribution >= 0.6 is 0 Å². The topological polar surface area (TPSA) is 36.4 Å². The number of amides is 1. The third-order valence-corrected chi connectivity index (χ3v) is 5.82. The Morgan fingerprint density at radius 3 is 2.92 bits per heavy atom. The van der Waals surface area contributed by atoms with Crippen LogP contribution in [0.5, 0.6) is 0 Å². The van der Waals surface area contributed by atoms with Crippen molar-refractivity contribution in [3.63, 3.8) is 0 Å². The van der Waals surface area contributed by atoms with Crippen molar-refractivity contribution >= 4 is 5.91 Å². The molecule has 4 rings (SSSR count). The van der Waals surface area contributed by atoms with Gasteiger partial charge in [0.15, 0.2) is 0 Å². The number of carbonyl (C=O) groups excluding carboxylic acids is 1. The summed E-state index contributed by atoms with van der Waals surface area (Å²) in [4.78, 5) is 22.4. The summed E-state index contributed by atoms with van der Waals surface area (Å²) in [6.45, 7) is 8.13. The summed E-state index contributed by atoms with van der Waals surface area (Å²) in [6.07, 6.45) is 3.40. The van der Waals surface area contributed by atoms with Crippen LogP contribution in [0.2, 0.25) is 0 Å². The summed E-state index contributed by atoms with van der Waals surface area (Å²) < 4.78 is 0. The molecule has 0 bridgehead atoms. The van der Waals surface area contributed by atoms with Gasteiger partial charge in [0.05, 0.1) is 5.69 Å². The molecule has 1 atom stereocenters. The SMILES string of the molecule is CCc1nc(-c2cccc(C(=O)N3CCN4CCCC4C3)c2)ccc1C. The van der Waals surface area contributed by atoms with E-state index in [1.54, 1.807) is 0 Å². The van der Waals surface area contributed by atoms with E-state index in [4.69, 9.17) is 4.98 Å². The van der Waals surface area contributed by atoms with Gasteiger partial charge in [-0.3, -0.25) is 14.7 Å². The maximum absolute atomic E-state index is 13.0. The molecule has 0 aliphatic carbocycles. The van der Waals surface area contributed by atoms with Crippen molar-refractivity contribution in [2.75, 3.05) is 26.2 Å². The van der Waals surface area contributed by atoms with Crippen molar-refractivity contribution < 1.29 is 4.79 Å². The lowest BCUT2D eigenvalue weighted by Gasteiger charge is -2.37.